The molecule has 2 amide bonds. The van der Waals surface area contributed by atoms with E-state index < -0.39 is 42.4 Å². The van der Waals surface area contributed by atoms with Crippen LogP contribution in [0.3, 0.4) is 0 Å². The fourth-order valence-electron chi connectivity index (χ4n) is 2.64. The molecule has 26 heavy (non-hydrogen) atoms. The fourth-order valence-corrected chi connectivity index (χ4v) is 2.64. The first kappa shape index (κ1) is 20.1. The van der Waals surface area contributed by atoms with Gasteiger partial charge in [-0.2, -0.15) is 0 Å². The summed E-state index contributed by atoms with van der Waals surface area (Å²) in [5.41, 5.74) is 1.15. The highest BCUT2D eigenvalue weighted by atomic mass is 19.3. The lowest BCUT2D eigenvalue weighted by atomic mass is 10.0. The second kappa shape index (κ2) is 7.17. The van der Waals surface area contributed by atoms with Gasteiger partial charge in [0.2, 0.25) is 5.91 Å². The number of hydrogen-bond acceptors (Lipinski definition) is 4. The molecule has 6 nitrogen and oxygen atoms in total. The second-order valence-corrected chi connectivity index (χ2v) is 7.72. The monoisotopic (exact) mass is 369 g/mol. The lowest BCUT2D eigenvalue weighted by molar-refractivity contribution is -0.120. The zero-order valence-corrected chi connectivity index (χ0v) is 15.7. The van der Waals surface area contributed by atoms with Gasteiger partial charge < -0.3 is 15.0 Å². The van der Waals surface area contributed by atoms with Crippen LogP contribution in [0.15, 0.2) is 12.3 Å². The molecule has 2 rings (SSSR count). The number of rotatable bonds is 3. The number of nitrogens with one attached hydrogen (secondary N) is 1. The van der Waals surface area contributed by atoms with Gasteiger partial charge in [0.05, 0.1) is 12.5 Å². The summed E-state index contributed by atoms with van der Waals surface area (Å²) < 4.78 is 33.6. The Morgan fingerprint density at radius 3 is 2.58 bits per heavy atom. The zero-order valence-electron chi connectivity index (χ0n) is 15.7. The maximum absolute atomic E-state index is 14.2. The predicted octanol–water partition coefficient (Wildman–Crippen LogP) is 3.53. The summed E-state index contributed by atoms with van der Waals surface area (Å²) in [7, 11) is 0. The molecule has 2 heterocycles. The van der Waals surface area contributed by atoms with Crippen LogP contribution in [0.1, 0.15) is 38.3 Å². The quantitative estimate of drug-likeness (QED) is 0.885. The lowest BCUT2D eigenvalue weighted by Gasteiger charge is -2.24. The van der Waals surface area contributed by atoms with Crippen molar-refractivity contribution in [1.29, 1.82) is 0 Å². The molecule has 0 spiro atoms. The third-order valence-electron chi connectivity index (χ3n) is 4.16. The van der Waals surface area contributed by atoms with Gasteiger partial charge in [-0.25, -0.2) is 18.6 Å². The van der Waals surface area contributed by atoms with Crippen molar-refractivity contribution in [2.75, 3.05) is 18.4 Å². The summed E-state index contributed by atoms with van der Waals surface area (Å²) in [6.45, 7) is 7.79. The number of pyridine rings is 1. The number of aromatic nitrogens is 1. The number of aryl methyl sites for hydroxylation is 2. The van der Waals surface area contributed by atoms with Crippen molar-refractivity contribution in [2.24, 2.45) is 5.92 Å². The third kappa shape index (κ3) is 5.12. The van der Waals surface area contributed by atoms with E-state index in [0.29, 0.717) is 5.82 Å². The van der Waals surface area contributed by atoms with Crippen molar-refractivity contribution in [3.05, 3.63) is 23.4 Å². The highest BCUT2D eigenvalue weighted by Crippen LogP contribution is 2.36. The van der Waals surface area contributed by atoms with E-state index in [1.54, 1.807) is 33.0 Å². The van der Waals surface area contributed by atoms with E-state index >= 15 is 0 Å². The van der Waals surface area contributed by atoms with Crippen molar-refractivity contribution < 1.29 is 23.1 Å². The maximum atomic E-state index is 14.2. The molecule has 144 valence electrons. The molecule has 1 fully saturated rings. The molecule has 0 saturated carbocycles. The van der Waals surface area contributed by atoms with Crippen LogP contribution in [-0.2, 0) is 9.53 Å². The minimum absolute atomic E-state index is 0.227. The predicted molar refractivity (Wildman–Crippen MR) is 93.2 cm³/mol. The average molecular weight is 369 g/mol. The molecule has 1 aliphatic rings. The number of carbonyl (C=O) groups excluding carboxylic acids is 2. The largest absolute Gasteiger partial charge is 0.444 e. The van der Waals surface area contributed by atoms with Gasteiger partial charge in [-0.15, -0.1) is 0 Å². The molecular formula is C18H25F2N3O3. The van der Waals surface area contributed by atoms with E-state index in [-0.39, 0.29) is 6.54 Å². The molecule has 1 N–H and O–H groups in total. The molecule has 1 aromatic heterocycles. The smallest absolute Gasteiger partial charge is 0.410 e. The van der Waals surface area contributed by atoms with Crippen LogP contribution in [0.5, 0.6) is 0 Å². The SMILES string of the molecule is Cc1cnc(NC(=O)CC2CN(C(=O)OC(C)(C)C)CC2(F)F)cc1C. The number of carbonyl (C=O) groups is 2. The Bertz CT molecular complexity index is 701. The molecule has 0 radical (unpaired) electrons. The van der Waals surface area contributed by atoms with Crippen LogP contribution in [0, 0.1) is 19.8 Å². The molecule has 1 saturated heterocycles. The Morgan fingerprint density at radius 1 is 1.35 bits per heavy atom. The normalized spacial score (nSPS) is 19.3. The van der Waals surface area contributed by atoms with Crippen LogP contribution in [0.2, 0.25) is 0 Å². The fraction of sp³-hybridized carbons (Fsp3) is 0.611. The summed E-state index contributed by atoms with van der Waals surface area (Å²) in [6, 6.07) is 1.69. The number of ether oxygens (including phenoxy) is 1. The Labute approximate surface area is 151 Å². The number of alkyl halides is 2. The number of hydrogen-bond donors (Lipinski definition) is 1. The van der Waals surface area contributed by atoms with E-state index in [1.165, 1.54) is 0 Å². The van der Waals surface area contributed by atoms with Gasteiger partial charge >= 0.3 is 6.09 Å². The van der Waals surface area contributed by atoms with Crippen molar-refractivity contribution >= 4 is 17.8 Å². The van der Waals surface area contributed by atoms with E-state index in [2.05, 4.69) is 10.3 Å². The first-order valence-corrected chi connectivity index (χ1v) is 8.46. The van der Waals surface area contributed by atoms with Gasteiger partial charge in [0, 0.05) is 19.2 Å². The Hall–Kier alpha value is -2.25. The molecule has 1 aliphatic heterocycles. The first-order chi connectivity index (χ1) is 11.9. The number of amides is 2. The molecule has 8 heteroatoms. The van der Waals surface area contributed by atoms with Gasteiger partial charge in [0.25, 0.3) is 5.92 Å². The van der Waals surface area contributed by atoms with E-state index in [9.17, 15) is 18.4 Å². The standard InChI is InChI=1S/C18H25F2N3O3/c1-11-6-14(21-8-12(11)2)22-15(24)7-13-9-23(10-18(13,19)20)16(25)26-17(3,4)5/h6,8,13H,7,9-10H2,1-5H3,(H,21,22,24). The number of halogens is 2. The third-order valence-corrected chi connectivity index (χ3v) is 4.16. The Balaban J connectivity index is 1.98. The molecule has 1 unspecified atom stereocenters. The lowest BCUT2D eigenvalue weighted by Crippen LogP contribution is -2.36. The van der Waals surface area contributed by atoms with Crippen LogP contribution in [0.25, 0.3) is 0 Å². The number of likely N-dealkylation sites (tertiary alicyclic amines) is 1. The van der Waals surface area contributed by atoms with Crippen molar-refractivity contribution in [2.45, 2.75) is 52.6 Å². The average Bonchev–Trinajstić information content (AvgIpc) is 2.76. The van der Waals surface area contributed by atoms with Crippen LogP contribution >= 0.6 is 0 Å². The number of nitrogens with zero attached hydrogens (tertiary/aromatic N) is 2. The molecule has 0 aromatic carbocycles. The molecule has 1 atom stereocenters. The highest BCUT2D eigenvalue weighted by Gasteiger charge is 2.50. The van der Waals surface area contributed by atoms with E-state index in [0.717, 1.165) is 16.0 Å². The summed E-state index contributed by atoms with van der Waals surface area (Å²) in [6.07, 6.45) is 0.413. The van der Waals surface area contributed by atoms with Gasteiger partial charge in [-0.05, 0) is 51.8 Å². The summed E-state index contributed by atoms with van der Waals surface area (Å²) >= 11 is 0. The summed E-state index contributed by atoms with van der Waals surface area (Å²) in [5.74, 6) is -4.65. The zero-order chi connectivity index (χ0) is 19.7. The first-order valence-electron chi connectivity index (χ1n) is 8.46. The highest BCUT2D eigenvalue weighted by molar-refractivity contribution is 5.90. The van der Waals surface area contributed by atoms with Crippen LogP contribution in [0.4, 0.5) is 19.4 Å². The Morgan fingerprint density at radius 2 is 2.00 bits per heavy atom. The molecule has 0 bridgehead atoms. The van der Waals surface area contributed by atoms with E-state index in [4.69, 9.17) is 4.74 Å². The van der Waals surface area contributed by atoms with Crippen molar-refractivity contribution in [3.63, 3.8) is 0 Å². The van der Waals surface area contributed by atoms with E-state index in [1.807, 2.05) is 13.8 Å². The van der Waals surface area contributed by atoms with Gasteiger partial charge in [0.15, 0.2) is 0 Å². The second-order valence-electron chi connectivity index (χ2n) is 7.72. The van der Waals surface area contributed by atoms with Crippen molar-refractivity contribution in [1.82, 2.24) is 9.88 Å². The van der Waals surface area contributed by atoms with Gasteiger partial charge in [-0.3, -0.25) is 4.79 Å². The minimum atomic E-state index is -3.15. The van der Waals surface area contributed by atoms with Crippen LogP contribution in [-0.4, -0.2) is 46.5 Å². The summed E-state index contributed by atoms with van der Waals surface area (Å²) in [5, 5.41) is 2.54. The molecule has 0 aliphatic carbocycles. The van der Waals surface area contributed by atoms with Gasteiger partial charge in [0.1, 0.15) is 11.4 Å². The number of anilines is 1. The topological polar surface area (TPSA) is 71.5 Å². The molecule has 1 aromatic rings. The van der Waals surface area contributed by atoms with Crippen molar-refractivity contribution in [3.8, 4) is 0 Å². The van der Waals surface area contributed by atoms with Crippen LogP contribution < -0.4 is 5.32 Å². The van der Waals surface area contributed by atoms with Gasteiger partial charge in [-0.1, -0.05) is 0 Å². The Kier molecular flexibility index (Phi) is 5.53. The summed E-state index contributed by atoms with van der Waals surface area (Å²) in [4.78, 5) is 29.2. The molecular weight excluding hydrogens is 344 g/mol. The maximum Gasteiger partial charge on any atom is 0.410 e. The minimum Gasteiger partial charge on any atom is -0.444 e.